The molecular weight excluding hydrogens is 284 g/mol. The van der Waals surface area contributed by atoms with E-state index in [4.69, 9.17) is 4.74 Å². The Labute approximate surface area is 109 Å². The van der Waals surface area contributed by atoms with Gasteiger partial charge >= 0.3 is 5.97 Å². The molecule has 17 heavy (non-hydrogen) atoms. The fraction of sp³-hybridized carbons (Fsp3) is 0.417. The molecule has 1 aliphatic heterocycles. The van der Waals surface area contributed by atoms with Gasteiger partial charge in [0.2, 0.25) is 0 Å². The molecule has 1 heterocycles. The molecule has 0 saturated carbocycles. The number of nitrogens with one attached hydrogen (secondary N) is 1. The van der Waals surface area contributed by atoms with Crippen LogP contribution in [0.4, 0.5) is 5.69 Å². The minimum Gasteiger partial charge on any atom is -0.465 e. The lowest BCUT2D eigenvalue weighted by Gasteiger charge is -2.29. The quantitative estimate of drug-likeness (QED) is 0.843. The second-order valence-corrected chi connectivity index (χ2v) is 4.75. The molecule has 0 aromatic heterocycles. The molecule has 1 aromatic carbocycles. The first-order chi connectivity index (χ1) is 8.22. The van der Waals surface area contributed by atoms with Crippen molar-refractivity contribution in [3.63, 3.8) is 0 Å². The first kappa shape index (κ1) is 12.4. The van der Waals surface area contributed by atoms with Gasteiger partial charge in [-0.05, 0) is 34.1 Å². The summed E-state index contributed by atoms with van der Waals surface area (Å²) in [6, 6.07) is 5.73. The molecule has 92 valence electrons. The summed E-state index contributed by atoms with van der Waals surface area (Å²) in [5.41, 5.74) is 1.69. The standard InChI is InChI=1S/C12H15BrN2O2/c1-17-12(16)10-3-2-9(8-11(10)13)15-6-4-14-5-7-15/h2-3,8,14H,4-7H2,1H3. The number of nitrogens with zero attached hydrogens (tertiary/aromatic N) is 1. The first-order valence-electron chi connectivity index (χ1n) is 5.56. The summed E-state index contributed by atoms with van der Waals surface area (Å²) in [5.74, 6) is -0.316. The highest BCUT2D eigenvalue weighted by Crippen LogP contribution is 2.25. The van der Waals surface area contributed by atoms with Gasteiger partial charge < -0.3 is 15.0 Å². The second kappa shape index (κ2) is 5.51. The lowest BCUT2D eigenvalue weighted by Crippen LogP contribution is -2.43. The smallest absolute Gasteiger partial charge is 0.339 e. The Hall–Kier alpha value is -1.07. The van der Waals surface area contributed by atoms with Gasteiger partial charge in [0.05, 0.1) is 12.7 Å². The molecule has 4 nitrogen and oxygen atoms in total. The molecule has 1 aliphatic rings. The van der Waals surface area contributed by atoms with E-state index in [1.165, 1.54) is 7.11 Å². The average molecular weight is 299 g/mol. The highest BCUT2D eigenvalue weighted by molar-refractivity contribution is 9.10. The van der Waals surface area contributed by atoms with Crippen LogP contribution >= 0.6 is 15.9 Å². The number of hydrogen-bond acceptors (Lipinski definition) is 4. The highest BCUT2D eigenvalue weighted by atomic mass is 79.9. The van der Waals surface area contributed by atoms with Gasteiger partial charge in [0, 0.05) is 36.3 Å². The van der Waals surface area contributed by atoms with Crippen LogP contribution < -0.4 is 10.2 Å². The molecule has 0 aliphatic carbocycles. The van der Waals surface area contributed by atoms with Crippen LogP contribution in [0.5, 0.6) is 0 Å². The molecule has 0 unspecified atom stereocenters. The van der Waals surface area contributed by atoms with Crippen molar-refractivity contribution < 1.29 is 9.53 Å². The molecule has 5 heteroatoms. The maximum atomic E-state index is 11.4. The lowest BCUT2D eigenvalue weighted by molar-refractivity contribution is 0.0599. The Morgan fingerprint density at radius 1 is 1.41 bits per heavy atom. The maximum Gasteiger partial charge on any atom is 0.339 e. The normalized spacial score (nSPS) is 15.8. The number of methoxy groups -OCH3 is 1. The van der Waals surface area contributed by atoms with Crippen molar-refractivity contribution in [1.82, 2.24) is 5.32 Å². The van der Waals surface area contributed by atoms with Crippen LogP contribution in [0.25, 0.3) is 0 Å². The third-order valence-electron chi connectivity index (χ3n) is 2.84. The van der Waals surface area contributed by atoms with Gasteiger partial charge in [0.1, 0.15) is 0 Å². The number of hydrogen-bond donors (Lipinski definition) is 1. The Morgan fingerprint density at radius 3 is 2.71 bits per heavy atom. The summed E-state index contributed by atoms with van der Waals surface area (Å²) in [6.07, 6.45) is 0. The number of carbonyl (C=O) groups is 1. The van der Waals surface area contributed by atoms with Crippen molar-refractivity contribution in [2.75, 3.05) is 38.2 Å². The van der Waals surface area contributed by atoms with E-state index < -0.39 is 0 Å². The Morgan fingerprint density at radius 2 is 2.12 bits per heavy atom. The number of benzene rings is 1. The number of ether oxygens (including phenoxy) is 1. The number of rotatable bonds is 2. The second-order valence-electron chi connectivity index (χ2n) is 3.89. The molecular formula is C12H15BrN2O2. The maximum absolute atomic E-state index is 11.4. The minimum absolute atomic E-state index is 0.316. The van der Waals surface area contributed by atoms with Crippen LogP contribution in [-0.4, -0.2) is 39.3 Å². The predicted octanol–water partition coefficient (Wildman–Crippen LogP) is 1.65. The monoisotopic (exact) mass is 298 g/mol. The van der Waals surface area contributed by atoms with E-state index in [2.05, 4.69) is 26.1 Å². The van der Waals surface area contributed by atoms with Gasteiger partial charge in [-0.15, -0.1) is 0 Å². The zero-order valence-corrected chi connectivity index (χ0v) is 11.3. The molecule has 0 bridgehead atoms. The third-order valence-corrected chi connectivity index (χ3v) is 3.50. The van der Waals surface area contributed by atoms with E-state index in [1.54, 1.807) is 6.07 Å². The summed E-state index contributed by atoms with van der Waals surface area (Å²) < 4.78 is 5.49. The van der Waals surface area contributed by atoms with E-state index in [1.807, 2.05) is 12.1 Å². The van der Waals surface area contributed by atoms with Crippen LogP contribution in [0.1, 0.15) is 10.4 Å². The Kier molecular flexibility index (Phi) is 4.02. The van der Waals surface area contributed by atoms with Gasteiger partial charge in [-0.25, -0.2) is 4.79 Å². The van der Waals surface area contributed by atoms with Crippen LogP contribution in [0, 0.1) is 0 Å². The summed E-state index contributed by atoms with van der Waals surface area (Å²) in [7, 11) is 1.39. The molecule has 0 radical (unpaired) electrons. The zero-order chi connectivity index (χ0) is 12.3. The number of piperazine rings is 1. The SMILES string of the molecule is COC(=O)c1ccc(N2CCNCC2)cc1Br. The summed E-state index contributed by atoms with van der Waals surface area (Å²) in [5, 5.41) is 3.31. The van der Waals surface area contributed by atoms with E-state index in [0.717, 1.165) is 36.3 Å². The largest absolute Gasteiger partial charge is 0.465 e. The number of esters is 1. The molecule has 1 saturated heterocycles. The molecule has 2 rings (SSSR count). The van der Waals surface area contributed by atoms with Crippen molar-refractivity contribution in [3.05, 3.63) is 28.2 Å². The molecule has 1 N–H and O–H groups in total. The van der Waals surface area contributed by atoms with Crippen molar-refractivity contribution in [1.29, 1.82) is 0 Å². The molecule has 1 aromatic rings. The number of anilines is 1. The molecule has 1 fully saturated rings. The van der Waals surface area contributed by atoms with Gasteiger partial charge in [-0.3, -0.25) is 0 Å². The van der Waals surface area contributed by atoms with E-state index in [-0.39, 0.29) is 5.97 Å². The lowest BCUT2D eigenvalue weighted by atomic mass is 10.2. The average Bonchev–Trinajstić information content (AvgIpc) is 2.39. The number of carbonyl (C=O) groups excluding carboxylic acids is 1. The third kappa shape index (κ3) is 2.79. The van der Waals surface area contributed by atoms with Gasteiger partial charge in [-0.1, -0.05) is 0 Å². The molecule has 0 spiro atoms. The van der Waals surface area contributed by atoms with Crippen LogP contribution in [0.2, 0.25) is 0 Å². The molecule has 0 amide bonds. The van der Waals surface area contributed by atoms with E-state index >= 15 is 0 Å². The minimum atomic E-state index is -0.316. The summed E-state index contributed by atoms with van der Waals surface area (Å²) >= 11 is 3.41. The van der Waals surface area contributed by atoms with E-state index in [9.17, 15) is 4.79 Å². The van der Waals surface area contributed by atoms with Crippen molar-refractivity contribution in [2.24, 2.45) is 0 Å². The Balaban J connectivity index is 2.20. The van der Waals surface area contributed by atoms with Crippen LogP contribution in [0.15, 0.2) is 22.7 Å². The van der Waals surface area contributed by atoms with Crippen LogP contribution in [-0.2, 0) is 4.74 Å². The fourth-order valence-corrected chi connectivity index (χ4v) is 2.43. The van der Waals surface area contributed by atoms with Gasteiger partial charge in [0.25, 0.3) is 0 Å². The van der Waals surface area contributed by atoms with Crippen molar-refractivity contribution in [2.45, 2.75) is 0 Å². The number of halogens is 1. The zero-order valence-electron chi connectivity index (χ0n) is 9.70. The summed E-state index contributed by atoms with van der Waals surface area (Å²) in [4.78, 5) is 13.7. The van der Waals surface area contributed by atoms with Gasteiger partial charge in [0.15, 0.2) is 0 Å². The highest BCUT2D eigenvalue weighted by Gasteiger charge is 2.14. The fourth-order valence-electron chi connectivity index (χ4n) is 1.90. The molecule has 0 atom stereocenters. The topological polar surface area (TPSA) is 41.6 Å². The Bertz CT molecular complexity index is 417. The summed E-state index contributed by atoms with van der Waals surface area (Å²) in [6.45, 7) is 3.97. The first-order valence-corrected chi connectivity index (χ1v) is 6.35. The van der Waals surface area contributed by atoms with Crippen molar-refractivity contribution in [3.8, 4) is 0 Å². The van der Waals surface area contributed by atoms with E-state index in [0.29, 0.717) is 5.56 Å². The predicted molar refractivity (Wildman–Crippen MR) is 70.6 cm³/mol. The van der Waals surface area contributed by atoms with Gasteiger partial charge in [-0.2, -0.15) is 0 Å². The van der Waals surface area contributed by atoms with Crippen molar-refractivity contribution >= 4 is 27.6 Å². The van der Waals surface area contributed by atoms with Crippen LogP contribution in [0.3, 0.4) is 0 Å².